The first-order valence-electron chi connectivity index (χ1n) is 10.1. The highest BCUT2D eigenvalue weighted by Crippen LogP contribution is 2.27. The van der Waals surface area contributed by atoms with E-state index in [-0.39, 0.29) is 31.0 Å². The third kappa shape index (κ3) is 7.33. The molecular weight excluding hydrogens is 439 g/mol. The van der Waals surface area contributed by atoms with Crippen LogP contribution in [0.3, 0.4) is 0 Å². The van der Waals surface area contributed by atoms with Crippen LogP contribution < -0.4 is 14.8 Å². The molecule has 0 fully saturated rings. The second-order valence-electron chi connectivity index (χ2n) is 7.23. The molecule has 0 aromatic heterocycles. The molecule has 0 saturated carbocycles. The molecule has 8 heteroatoms. The second-order valence-corrected chi connectivity index (χ2v) is 8.07. The predicted molar refractivity (Wildman–Crippen MR) is 123 cm³/mol. The predicted octanol–water partition coefficient (Wildman–Crippen LogP) is 4.71. The van der Waals surface area contributed by atoms with E-state index in [1.807, 2.05) is 38.1 Å². The molecule has 168 valence electrons. The summed E-state index contributed by atoms with van der Waals surface area (Å²) in [6.07, 6.45) is 0.792. The Balaban J connectivity index is 2.20. The Labute approximate surface area is 193 Å². The maximum atomic E-state index is 13.1. The topological polar surface area (TPSA) is 67.9 Å². The lowest BCUT2D eigenvalue weighted by Crippen LogP contribution is -2.50. The summed E-state index contributed by atoms with van der Waals surface area (Å²) >= 11 is 12.0. The van der Waals surface area contributed by atoms with Crippen molar-refractivity contribution in [1.82, 2.24) is 10.2 Å². The zero-order chi connectivity index (χ0) is 23.0. The van der Waals surface area contributed by atoms with Crippen LogP contribution in [0, 0.1) is 0 Å². The Kier molecular flexibility index (Phi) is 9.46. The average molecular weight is 467 g/mol. The maximum Gasteiger partial charge on any atom is 0.261 e. The van der Waals surface area contributed by atoms with Crippen molar-refractivity contribution >= 4 is 35.0 Å². The highest BCUT2D eigenvalue weighted by atomic mass is 35.5. The molecule has 31 heavy (non-hydrogen) atoms. The van der Waals surface area contributed by atoms with Crippen molar-refractivity contribution in [1.29, 1.82) is 0 Å². The number of carbonyl (C=O) groups is 2. The van der Waals surface area contributed by atoms with Crippen molar-refractivity contribution in [3.63, 3.8) is 0 Å². The molecule has 2 atom stereocenters. The Morgan fingerprint density at radius 2 is 1.87 bits per heavy atom. The molecule has 0 spiro atoms. The normalized spacial score (nSPS) is 12.6. The van der Waals surface area contributed by atoms with E-state index < -0.39 is 6.04 Å². The molecule has 0 saturated heterocycles. The van der Waals surface area contributed by atoms with Gasteiger partial charge in [0.05, 0.1) is 12.1 Å². The Hall–Kier alpha value is -2.44. The molecule has 0 aliphatic carbocycles. The number of halogens is 2. The minimum Gasteiger partial charge on any atom is -0.497 e. The summed E-state index contributed by atoms with van der Waals surface area (Å²) in [7, 11) is 1.58. The summed E-state index contributed by atoms with van der Waals surface area (Å²) in [6, 6.07) is 11.4. The number of benzene rings is 2. The SMILES string of the molecule is CC[C@@H](C)NC(=O)[C@@H](C)N(Cc1cccc(OC)c1)C(=O)COc1ccc(Cl)cc1Cl. The quantitative estimate of drug-likeness (QED) is 0.550. The maximum absolute atomic E-state index is 13.1. The number of methoxy groups -OCH3 is 1. The van der Waals surface area contributed by atoms with E-state index in [4.69, 9.17) is 32.7 Å². The Morgan fingerprint density at radius 1 is 1.13 bits per heavy atom. The Bertz CT molecular complexity index is 907. The molecule has 6 nitrogen and oxygen atoms in total. The first kappa shape index (κ1) is 24.8. The van der Waals surface area contributed by atoms with E-state index in [0.29, 0.717) is 21.5 Å². The van der Waals surface area contributed by atoms with Crippen LogP contribution in [0.15, 0.2) is 42.5 Å². The minimum atomic E-state index is -0.697. The van der Waals surface area contributed by atoms with Gasteiger partial charge in [0.25, 0.3) is 5.91 Å². The first-order valence-corrected chi connectivity index (χ1v) is 10.8. The van der Waals surface area contributed by atoms with Crippen molar-refractivity contribution in [3.8, 4) is 11.5 Å². The van der Waals surface area contributed by atoms with E-state index in [2.05, 4.69) is 5.32 Å². The third-order valence-corrected chi connectivity index (χ3v) is 5.43. The zero-order valence-electron chi connectivity index (χ0n) is 18.2. The van der Waals surface area contributed by atoms with Gasteiger partial charge in [-0.3, -0.25) is 9.59 Å². The largest absolute Gasteiger partial charge is 0.497 e. The van der Waals surface area contributed by atoms with Crippen LogP contribution in [0.2, 0.25) is 10.0 Å². The van der Waals surface area contributed by atoms with Crippen LogP contribution in [0.4, 0.5) is 0 Å². The van der Waals surface area contributed by atoms with Crippen LogP contribution >= 0.6 is 23.2 Å². The van der Waals surface area contributed by atoms with Crippen LogP contribution in [-0.2, 0) is 16.1 Å². The summed E-state index contributed by atoms with van der Waals surface area (Å²) in [5.41, 5.74) is 0.834. The fourth-order valence-corrected chi connectivity index (χ4v) is 3.29. The monoisotopic (exact) mass is 466 g/mol. The Morgan fingerprint density at radius 3 is 2.52 bits per heavy atom. The lowest BCUT2D eigenvalue weighted by atomic mass is 10.1. The number of carbonyl (C=O) groups excluding carboxylic acids is 2. The fraction of sp³-hybridized carbons (Fsp3) is 0.391. The second kappa shape index (κ2) is 11.8. The summed E-state index contributed by atoms with van der Waals surface area (Å²) < 4.78 is 10.9. The summed E-state index contributed by atoms with van der Waals surface area (Å²) in [5.74, 6) is 0.444. The van der Waals surface area contributed by atoms with Crippen molar-refractivity contribution in [2.24, 2.45) is 0 Å². The molecule has 1 N–H and O–H groups in total. The van der Waals surface area contributed by atoms with E-state index in [1.165, 1.54) is 4.90 Å². The highest BCUT2D eigenvalue weighted by molar-refractivity contribution is 6.35. The number of rotatable bonds is 10. The zero-order valence-corrected chi connectivity index (χ0v) is 19.7. The molecule has 2 rings (SSSR count). The van der Waals surface area contributed by atoms with Crippen molar-refractivity contribution in [3.05, 3.63) is 58.1 Å². The van der Waals surface area contributed by atoms with Gasteiger partial charge in [-0.05, 0) is 56.2 Å². The van der Waals surface area contributed by atoms with Gasteiger partial charge in [0.15, 0.2) is 6.61 Å². The molecule has 2 aromatic rings. The van der Waals surface area contributed by atoms with E-state index in [1.54, 1.807) is 32.2 Å². The minimum absolute atomic E-state index is 0.00726. The standard InChI is InChI=1S/C23H28Cl2N2O4/c1-5-15(2)26-23(29)16(3)27(13-17-7-6-8-19(11-17)30-4)22(28)14-31-21-10-9-18(24)12-20(21)25/h6-12,15-16H,5,13-14H2,1-4H3,(H,26,29)/t15-,16-/m1/s1. The number of amides is 2. The number of hydrogen-bond donors (Lipinski definition) is 1. The van der Waals surface area contributed by atoms with Crippen LogP contribution in [0.25, 0.3) is 0 Å². The van der Waals surface area contributed by atoms with Gasteiger partial charge < -0.3 is 19.7 Å². The third-order valence-electron chi connectivity index (χ3n) is 4.90. The molecule has 0 heterocycles. The molecule has 0 bridgehead atoms. The molecule has 0 radical (unpaired) electrons. The van der Waals surface area contributed by atoms with Gasteiger partial charge in [-0.15, -0.1) is 0 Å². The van der Waals surface area contributed by atoms with Gasteiger partial charge in [0.1, 0.15) is 17.5 Å². The summed E-state index contributed by atoms with van der Waals surface area (Å²) in [4.78, 5) is 27.3. The van der Waals surface area contributed by atoms with E-state index in [9.17, 15) is 9.59 Å². The van der Waals surface area contributed by atoms with Crippen molar-refractivity contribution in [2.45, 2.75) is 45.8 Å². The van der Waals surface area contributed by atoms with Crippen LogP contribution in [-0.4, -0.2) is 42.5 Å². The molecular formula is C23H28Cl2N2O4. The van der Waals surface area contributed by atoms with Crippen molar-refractivity contribution < 1.29 is 19.1 Å². The van der Waals surface area contributed by atoms with Crippen molar-refractivity contribution in [2.75, 3.05) is 13.7 Å². The van der Waals surface area contributed by atoms with Gasteiger partial charge in [-0.25, -0.2) is 0 Å². The van der Waals surface area contributed by atoms with Gasteiger partial charge in [0.2, 0.25) is 5.91 Å². The first-order chi connectivity index (χ1) is 14.7. The average Bonchev–Trinajstić information content (AvgIpc) is 2.76. The smallest absolute Gasteiger partial charge is 0.261 e. The lowest BCUT2D eigenvalue weighted by Gasteiger charge is -2.29. The molecule has 0 aliphatic rings. The molecule has 2 amide bonds. The van der Waals surface area contributed by atoms with Gasteiger partial charge in [-0.1, -0.05) is 42.3 Å². The van der Waals surface area contributed by atoms with Crippen LogP contribution in [0.5, 0.6) is 11.5 Å². The number of nitrogens with one attached hydrogen (secondary N) is 1. The highest BCUT2D eigenvalue weighted by Gasteiger charge is 2.27. The van der Waals surface area contributed by atoms with E-state index in [0.717, 1.165) is 12.0 Å². The summed E-state index contributed by atoms with van der Waals surface area (Å²) in [5, 5.41) is 3.71. The number of nitrogens with zero attached hydrogens (tertiary/aromatic N) is 1. The van der Waals surface area contributed by atoms with Gasteiger partial charge in [0, 0.05) is 17.6 Å². The van der Waals surface area contributed by atoms with E-state index >= 15 is 0 Å². The fourth-order valence-electron chi connectivity index (χ4n) is 2.83. The van der Waals surface area contributed by atoms with Crippen LogP contribution in [0.1, 0.15) is 32.8 Å². The summed E-state index contributed by atoms with van der Waals surface area (Å²) in [6.45, 7) is 5.56. The molecule has 2 aromatic carbocycles. The lowest BCUT2D eigenvalue weighted by molar-refractivity contribution is -0.142. The van der Waals surface area contributed by atoms with Gasteiger partial charge in [-0.2, -0.15) is 0 Å². The van der Waals surface area contributed by atoms with Gasteiger partial charge >= 0.3 is 0 Å². The molecule has 0 unspecified atom stereocenters. The molecule has 0 aliphatic heterocycles. The number of ether oxygens (including phenoxy) is 2. The number of hydrogen-bond acceptors (Lipinski definition) is 4.